The van der Waals surface area contributed by atoms with E-state index in [4.69, 9.17) is 10.00 Å². The number of nitriles is 1. The molecule has 2 heterocycles. The van der Waals surface area contributed by atoms with Crippen LogP contribution in [0.3, 0.4) is 0 Å². The number of sulfonamides is 1. The molecule has 7 nitrogen and oxygen atoms in total. The van der Waals surface area contributed by atoms with E-state index in [9.17, 15) is 17.2 Å². The molecule has 0 spiro atoms. The smallest absolute Gasteiger partial charge is 0.251 e. The van der Waals surface area contributed by atoms with Gasteiger partial charge in [-0.1, -0.05) is 0 Å². The molecule has 1 atom stereocenters. The average Bonchev–Trinajstić information content (AvgIpc) is 2.61. The molecule has 136 valence electrons. The van der Waals surface area contributed by atoms with Gasteiger partial charge >= 0.3 is 0 Å². The molecule has 0 aliphatic carbocycles. The van der Waals surface area contributed by atoms with E-state index in [1.165, 1.54) is 12.4 Å². The third-order valence-electron chi connectivity index (χ3n) is 3.86. The second kappa shape index (κ2) is 7.31. The van der Waals surface area contributed by atoms with E-state index in [1.54, 1.807) is 0 Å². The zero-order chi connectivity index (χ0) is 18.7. The predicted molar refractivity (Wildman–Crippen MR) is 85.5 cm³/mol. The lowest BCUT2D eigenvalue weighted by molar-refractivity contribution is 0.124. The van der Waals surface area contributed by atoms with E-state index in [2.05, 4.69) is 9.97 Å². The molecule has 0 amide bonds. The lowest BCUT2D eigenvalue weighted by Crippen LogP contribution is -2.44. The molecule has 0 N–H and O–H groups in total. The number of benzene rings is 1. The second-order valence-electron chi connectivity index (χ2n) is 5.67. The van der Waals surface area contributed by atoms with Crippen LogP contribution in [0.5, 0.6) is 5.88 Å². The Balaban J connectivity index is 1.80. The standard InChI is InChI=1S/C16H14F2N4O3S/c17-11-6-12(18)8-14(7-11)26(23,24)22-5-1-2-13(10-22)25-16-15(9-19)20-3-4-21-16/h3-4,6-8,13H,1-2,5,10H2/t13-/m0/s1. The first kappa shape index (κ1) is 18.2. The lowest BCUT2D eigenvalue weighted by Gasteiger charge is -2.31. The Morgan fingerprint density at radius 2 is 1.88 bits per heavy atom. The van der Waals surface area contributed by atoms with Gasteiger partial charge < -0.3 is 4.74 Å². The number of hydrogen-bond acceptors (Lipinski definition) is 6. The summed E-state index contributed by atoms with van der Waals surface area (Å²) in [5.41, 5.74) is -0.000294. The maximum Gasteiger partial charge on any atom is 0.251 e. The van der Waals surface area contributed by atoms with Crippen LogP contribution in [0.1, 0.15) is 18.5 Å². The van der Waals surface area contributed by atoms with Gasteiger partial charge in [-0.3, -0.25) is 0 Å². The zero-order valence-electron chi connectivity index (χ0n) is 13.5. The van der Waals surface area contributed by atoms with Crippen molar-refractivity contribution in [3.05, 3.63) is 47.9 Å². The molecule has 1 aromatic carbocycles. The van der Waals surface area contributed by atoms with Gasteiger partial charge in [-0.15, -0.1) is 0 Å². The normalized spacial score (nSPS) is 18.3. The molecule has 0 radical (unpaired) electrons. The van der Waals surface area contributed by atoms with Gasteiger partial charge in [0.1, 0.15) is 23.8 Å². The van der Waals surface area contributed by atoms with E-state index in [-0.39, 0.29) is 24.7 Å². The summed E-state index contributed by atoms with van der Waals surface area (Å²) >= 11 is 0. The largest absolute Gasteiger partial charge is 0.471 e. The number of rotatable bonds is 4. The van der Waals surface area contributed by atoms with E-state index in [0.717, 1.165) is 16.4 Å². The molecular weight excluding hydrogens is 366 g/mol. The van der Waals surface area contributed by atoms with Gasteiger partial charge in [0.15, 0.2) is 0 Å². The molecule has 26 heavy (non-hydrogen) atoms. The molecule has 1 aliphatic heterocycles. The van der Waals surface area contributed by atoms with Crippen molar-refractivity contribution in [3.63, 3.8) is 0 Å². The van der Waals surface area contributed by atoms with Crippen molar-refractivity contribution in [2.24, 2.45) is 0 Å². The van der Waals surface area contributed by atoms with Gasteiger partial charge in [0.25, 0.3) is 5.88 Å². The highest BCUT2D eigenvalue weighted by Crippen LogP contribution is 2.24. The Kier molecular flexibility index (Phi) is 5.11. The first-order chi connectivity index (χ1) is 12.4. The number of nitrogens with zero attached hydrogens (tertiary/aromatic N) is 4. The summed E-state index contributed by atoms with van der Waals surface area (Å²) in [5, 5.41) is 9.02. The number of ether oxygens (including phenoxy) is 1. The van der Waals surface area contributed by atoms with Crippen molar-refractivity contribution < 1.29 is 21.9 Å². The van der Waals surface area contributed by atoms with Crippen molar-refractivity contribution in [2.75, 3.05) is 13.1 Å². The van der Waals surface area contributed by atoms with Crippen LogP contribution >= 0.6 is 0 Å². The van der Waals surface area contributed by atoms with Gasteiger partial charge in [0.2, 0.25) is 15.7 Å². The minimum Gasteiger partial charge on any atom is -0.471 e. The predicted octanol–water partition coefficient (Wildman–Crippen LogP) is 1.86. The second-order valence-corrected chi connectivity index (χ2v) is 7.61. The van der Waals surface area contributed by atoms with Crippen LogP contribution in [0.2, 0.25) is 0 Å². The molecule has 2 aromatic rings. The summed E-state index contributed by atoms with van der Waals surface area (Å²) in [6.07, 6.45) is 3.19. The lowest BCUT2D eigenvalue weighted by atomic mass is 10.1. The molecule has 1 saturated heterocycles. The maximum atomic E-state index is 13.4. The minimum atomic E-state index is -4.08. The van der Waals surface area contributed by atoms with Crippen molar-refractivity contribution in [2.45, 2.75) is 23.8 Å². The molecule has 0 unspecified atom stereocenters. The Hall–Kier alpha value is -2.64. The summed E-state index contributed by atoms with van der Waals surface area (Å²) in [5.74, 6) is -1.91. The number of piperidine rings is 1. The monoisotopic (exact) mass is 380 g/mol. The van der Waals surface area contributed by atoms with Crippen LogP contribution in [0, 0.1) is 23.0 Å². The first-order valence-corrected chi connectivity index (χ1v) is 9.18. The van der Waals surface area contributed by atoms with E-state index in [1.807, 2.05) is 6.07 Å². The topological polar surface area (TPSA) is 96.2 Å². The number of aromatic nitrogens is 2. The molecule has 1 aliphatic rings. The van der Waals surface area contributed by atoms with Gasteiger partial charge in [0, 0.05) is 25.0 Å². The number of hydrogen-bond donors (Lipinski definition) is 0. The van der Waals surface area contributed by atoms with Crippen LogP contribution in [0.25, 0.3) is 0 Å². The fourth-order valence-electron chi connectivity index (χ4n) is 2.69. The highest BCUT2D eigenvalue weighted by molar-refractivity contribution is 7.89. The van der Waals surface area contributed by atoms with Gasteiger partial charge in [0.05, 0.1) is 11.4 Å². The molecular formula is C16H14F2N4O3S. The minimum absolute atomic E-state index is 0.000294. The summed E-state index contributed by atoms with van der Waals surface area (Å²) in [6, 6.07) is 4.02. The third-order valence-corrected chi connectivity index (χ3v) is 5.71. The van der Waals surface area contributed by atoms with Gasteiger partial charge in [-0.2, -0.15) is 9.57 Å². The van der Waals surface area contributed by atoms with E-state index >= 15 is 0 Å². The van der Waals surface area contributed by atoms with Crippen molar-refractivity contribution >= 4 is 10.0 Å². The summed E-state index contributed by atoms with van der Waals surface area (Å²) in [4.78, 5) is 7.32. The average molecular weight is 380 g/mol. The van der Waals surface area contributed by atoms with Crippen molar-refractivity contribution in [3.8, 4) is 11.9 Å². The van der Waals surface area contributed by atoms with Crippen LogP contribution in [0.4, 0.5) is 8.78 Å². The molecule has 0 bridgehead atoms. The molecule has 1 fully saturated rings. The van der Waals surface area contributed by atoms with Crippen molar-refractivity contribution in [1.82, 2.24) is 14.3 Å². The molecule has 10 heteroatoms. The molecule has 1 aromatic heterocycles. The SMILES string of the molecule is N#Cc1nccnc1O[C@H]1CCCN(S(=O)(=O)c2cc(F)cc(F)c2)C1. The van der Waals surface area contributed by atoms with Crippen molar-refractivity contribution in [1.29, 1.82) is 5.26 Å². The zero-order valence-corrected chi connectivity index (χ0v) is 14.3. The summed E-state index contributed by atoms with van der Waals surface area (Å²) in [7, 11) is -4.08. The third kappa shape index (κ3) is 3.79. The van der Waals surface area contributed by atoms with Crippen LogP contribution < -0.4 is 4.74 Å². The van der Waals surface area contributed by atoms with Crippen LogP contribution in [-0.2, 0) is 10.0 Å². The maximum absolute atomic E-state index is 13.4. The highest BCUT2D eigenvalue weighted by Gasteiger charge is 2.32. The Morgan fingerprint density at radius 1 is 1.19 bits per heavy atom. The Labute approximate surface area is 148 Å². The Morgan fingerprint density at radius 3 is 2.58 bits per heavy atom. The Bertz CT molecular complexity index is 942. The molecule has 0 saturated carbocycles. The van der Waals surface area contributed by atoms with Gasteiger partial charge in [-0.25, -0.2) is 27.2 Å². The summed E-state index contributed by atoms with van der Waals surface area (Å²) < 4.78 is 58.8. The quantitative estimate of drug-likeness (QED) is 0.803. The fraction of sp³-hybridized carbons (Fsp3) is 0.312. The summed E-state index contributed by atoms with van der Waals surface area (Å²) in [6.45, 7) is 0.174. The number of halogens is 2. The fourth-order valence-corrected chi connectivity index (χ4v) is 4.25. The molecule has 3 rings (SSSR count). The highest BCUT2D eigenvalue weighted by atomic mass is 32.2. The van der Waals surface area contributed by atoms with Crippen LogP contribution in [0.15, 0.2) is 35.5 Å². The van der Waals surface area contributed by atoms with E-state index < -0.39 is 32.7 Å². The van der Waals surface area contributed by atoms with Gasteiger partial charge in [-0.05, 0) is 25.0 Å². The van der Waals surface area contributed by atoms with Crippen LogP contribution in [-0.4, -0.2) is 41.9 Å². The first-order valence-electron chi connectivity index (χ1n) is 7.74. The van der Waals surface area contributed by atoms with E-state index in [0.29, 0.717) is 18.9 Å².